The van der Waals surface area contributed by atoms with Gasteiger partial charge in [-0.3, -0.25) is 19.6 Å². The first-order valence-corrected chi connectivity index (χ1v) is 40.8. The normalized spacial score (nSPS) is 47.6. The van der Waals surface area contributed by atoms with Gasteiger partial charge in [0.1, 0.15) is 0 Å². The smallest absolute Gasteiger partial charge is 0.0147 e. The van der Waals surface area contributed by atoms with Crippen LogP contribution in [0.5, 0.6) is 0 Å². The molecule has 0 aromatic carbocycles. The van der Waals surface area contributed by atoms with Crippen LogP contribution in [0.3, 0.4) is 0 Å². The van der Waals surface area contributed by atoms with Crippen LogP contribution in [-0.4, -0.2) is 92.1 Å². The van der Waals surface area contributed by atoms with Crippen molar-refractivity contribution < 1.29 is 0 Å². The van der Waals surface area contributed by atoms with Gasteiger partial charge >= 0.3 is 0 Å². The summed E-state index contributed by atoms with van der Waals surface area (Å²) < 4.78 is 0. The highest BCUT2D eigenvalue weighted by Crippen LogP contribution is 2.65. The van der Waals surface area contributed by atoms with Crippen molar-refractivity contribution in [2.45, 2.75) is 419 Å². The third kappa shape index (κ3) is 11.7. The van der Waals surface area contributed by atoms with Gasteiger partial charge in [-0.1, -0.05) is 180 Å². The molecule has 20 unspecified atom stereocenters. The van der Waals surface area contributed by atoms with E-state index in [2.05, 4.69) is 19.6 Å². The lowest BCUT2D eigenvalue weighted by Gasteiger charge is -2.69. The number of rotatable bonds is 12. The van der Waals surface area contributed by atoms with E-state index in [0.29, 0.717) is 0 Å². The lowest BCUT2D eigenvalue weighted by molar-refractivity contribution is -0.198. The minimum absolute atomic E-state index is 0.854. The molecule has 84 heavy (non-hydrogen) atoms. The lowest BCUT2D eigenvalue weighted by Crippen LogP contribution is -2.72. The second-order valence-corrected chi connectivity index (χ2v) is 35.7. The minimum atomic E-state index is 0.854. The van der Waals surface area contributed by atoms with Gasteiger partial charge in [0.05, 0.1) is 0 Å². The molecule has 0 aromatic rings. The summed E-state index contributed by atoms with van der Waals surface area (Å²) in [6.45, 7) is 0. The molecule has 0 bridgehead atoms. The van der Waals surface area contributed by atoms with E-state index >= 15 is 0 Å². The molecule has 16 rings (SSSR count). The van der Waals surface area contributed by atoms with E-state index in [-0.39, 0.29) is 0 Å². The van der Waals surface area contributed by atoms with Gasteiger partial charge in [0.15, 0.2) is 0 Å². The van der Waals surface area contributed by atoms with Crippen LogP contribution in [-0.2, 0) is 0 Å². The molecule has 0 saturated heterocycles. The lowest BCUT2D eigenvalue weighted by atomic mass is 9.44. The molecule has 16 saturated carbocycles. The summed E-state index contributed by atoms with van der Waals surface area (Å²) in [5.74, 6) is 14.2. The molecule has 4 heteroatoms. The Labute approximate surface area is 519 Å². The SMILES string of the molecule is C1CCC(N(C2CCC3CCCCC3C2)C2CC(N(C3CCCCC3)C3CCC4CCCCC4C3)C3CCC4C5C(CCC2C35)C(N(C2CCCCC2)C2CCC3CCCCC3C2)CC4N(C2CCCCC2)C2CCC3CCCCC3C2)CC1. The fourth-order valence-electron chi connectivity index (χ4n) is 29.0. The maximum Gasteiger partial charge on any atom is 0.0147 e. The van der Waals surface area contributed by atoms with Crippen molar-refractivity contribution in [1.29, 1.82) is 0 Å². The Kier molecular flexibility index (Phi) is 18.8. The predicted octanol–water partition coefficient (Wildman–Crippen LogP) is 20.5. The average molecular weight is 1150 g/mol. The Morgan fingerprint density at radius 1 is 0.143 bits per heavy atom. The fraction of sp³-hybridized carbons (Fsp3) is 1.00. The van der Waals surface area contributed by atoms with Crippen molar-refractivity contribution in [1.82, 2.24) is 19.6 Å². The monoisotopic (exact) mass is 1150 g/mol. The third-order valence-corrected chi connectivity index (χ3v) is 32.3. The number of hydrogen-bond donors (Lipinski definition) is 0. The van der Waals surface area contributed by atoms with Crippen LogP contribution in [0.2, 0.25) is 0 Å². The van der Waals surface area contributed by atoms with E-state index in [1.165, 1.54) is 77.0 Å². The van der Waals surface area contributed by atoms with Crippen molar-refractivity contribution in [2.75, 3.05) is 0 Å². The van der Waals surface area contributed by atoms with Gasteiger partial charge in [0.2, 0.25) is 0 Å². The molecule has 0 spiro atoms. The third-order valence-electron chi connectivity index (χ3n) is 32.3. The largest absolute Gasteiger partial charge is 0.294 e. The van der Waals surface area contributed by atoms with Crippen LogP contribution in [0.15, 0.2) is 0 Å². The van der Waals surface area contributed by atoms with Crippen molar-refractivity contribution in [3.63, 3.8) is 0 Å². The van der Waals surface area contributed by atoms with Crippen LogP contribution in [0, 0.1) is 82.9 Å². The molecule has 16 fully saturated rings. The zero-order valence-electron chi connectivity index (χ0n) is 55.0. The van der Waals surface area contributed by atoms with Gasteiger partial charge in [-0.2, -0.15) is 0 Å². The van der Waals surface area contributed by atoms with Gasteiger partial charge in [-0.15, -0.1) is 0 Å². The molecular weight excluding hydrogens is 1020 g/mol. The summed E-state index contributed by atoms with van der Waals surface area (Å²) in [7, 11) is 0. The van der Waals surface area contributed by atoms with Crippen LogP contribution in [0.4, 0.5) is 0 Å². The van der Waals surface area contributed by atoms with E-state index in [1.807, 2.05) is 0 Å². The molecule has 20 atom stereocenters. The van der Waals surface area contributed by atoms with E-state index < -0.39 is 0 Å². The van der Waals surface area contributed by atoms with E-state index in [4.69, 9.17) is 0 Å². The zero-order valence-corrected chi connectivity index (χ0v) is 55.0. The molecular formula is C80H134N4. The number of hydrogen-bond acceptors (Lipinski definition) is 4. The zero-order chi connectivity index (χ0) is 55.5. The van der Waals surface area contributed by atoms with Gasteiger partial charge in [-0.05, 0) is 250 Å². The number of nitrogens with zero attached hydrogens (tertiary/aromatic N) is 4. The maximum absolute atomic E-state index is 3.67. The van der Waals surface area contributed by atoms with E-state index in [9.17, 15) is 0 Å². The van der Waals surface area contributed by atoms with Crippen LogP contribution >= 0.6 is 0 Å². The molecule has 0 radical (unpaired) electrons. The Hall–Kier alpha value is -0.160. The molecule has 474 valence electrons. The highest BCUT2D eigenvalue weighted by Gasteiger charge is 2.65. The quantitative estimate of drug-likeness (QED) is 0.193. The topological polar surface area (TPSA) is 13.0 Å². The minimum Gasteiger partial charge on any atom is -0.294 e. The molecule has 0 aliphatic heterocycles. The highest BCUT2D eigenvalue weighted by atomic mass is 15.3. The predicted molar refractivity (Wildman–Crippen MR) is 351 cm³/mol. The molecule has 0 N–H and O–H groups in total. The van der Waals surface area contributed by atoms with Gasteiger partial charge in [-0.25, -0.2) is 0 Å². The molecule has 0 heterocycles. The Morgan fingerprint density at radius 2 is 0.345 bits per heavy atom. The van der Waals surface area contributed by atoms with Crippen molar-refractivity contribution in [2.24, 2.45) is 82.9 Å². The highest BCUT2D eigenvalue weighted by molar-refractivity contribution is 5.17. The first-order chi connectivity index (χ1) is 41.7. The van der Waals surface area contributed by atoms with E-state index in [0.717, 1.165) is 155 Å². The Bertz CT molecular complexity index is 1780. The summed E-state index contributed by atoms with van der Waals surface area (Å²) in [4.78, 5) is 14.7. The number of fused-ring (bicyclic) bond motifs is 4. The maximum atomic E-state index is 3.67. The fourth-order valence-corrected chi connectivity index (χ4v) is 29.0. The van der Waals surface area contributed by atoms with Crippen molar-refractivity contribution >= 4 is 0 Å². The molecule has 0 aromatic heterocycles. The van der Waals surface area contributed by atoms with Crippen molar-refractivity contribution in [3.05, 3.63) is 0 Å². The first-order valence-electron chi connectivity index (χ1n) is 40.8. The van der Waals surface area contributed by atoms with Crippen LogP contribution < -0.4 is 0 Å². The standard InChI is InChI=1S/C80H134N4/c1-5-29-63(30-6-1)81(67-41-37-55-21-13-17-25-59(55)49-67)75-53-76(82(64-31-7-2-8-32-64)68-42-38-56-22-14-18-26-60(56)50-68)72-47-48-74-78(84(66-35-11-4-12-36-66)70-44-40-58-24-16-20-28-62(58)52-70)54-77(73-46-45-71(75)79(72)80(73)74)83(65-33-9-3-10-34-65)69-43-39-57-23-15-19-27-61(57)51-69/h55-80H,1-54H2. The molecule has 16 aliphatic carbocycles. The van der Waals surface area contributed by atoms with Gasteiger partial charge in [0, 0.05) is 72.5 Å². The summed E-state index contributed by atoms with van der Waals surface area (Å²) >= 11 is 0. The Morgan fingerprint density at radius 3 is 0.571 bits per heavy atom. The van der Waals surface area contributed by atoms with Crippen LogP contribution in [0.1, 0.15) is 347 Å². The summed E-state index contributed by atoms with van der Waals surface area (Å²) in [5, 5.41) is 0. The Balaban J connectivity index is 0.836. The molecule has 0 amide bonds. The van der Waals surface area contributed by atoms with Gasteiger partial charge < -0.3 is 0 Å². The first kappa shape index (κ1) is 58.9. The summed E-state index contributed by atoms with van der Waals surface area (Å²) in [6.07, 6.45) is 84.3. The summed E-state index contributed by atoms with van der Waals surface area (Å²) in [6, 6.07) is 10.5. The van der Waals surface area contributed by atoms with E-state index in [1.54, 1.807) is 270 Å². The van der Waals surface area contributed by atoms with Crippen LogP contribution in [0.25, 0.3) is 0 Å². The second-order valence-electron chi connectivity index (χ2n) is 35.7. The van der Waals surface area contributed by atoms with Crippen molar-refractivity contribution in [3.8, 4) is 0 Å². The average Bonchev–Trinajstić information content (AvgIpc) is 1.25. The second kappa shape index (κ2) is 26.8. The molecule has 16 aliphatic rings. The summed E-state index contributed by atoms with van der Waals surface area (Å²) in [5.41, 5.74) is 0. The molecule has 4 nitrogen and oxygen atoms in total. The van der Waals surface area contributed by atoms with Gasteiger partial charge in [0.25, 0.3) is 0 Å².